The fourth-order valence-corrected chi connectivity index (χ4v) is 14.7. The Hall–Kier alpha value is -4.28. The highest BCUT2D eigenvalue weighted by molar-refractivity contribution is 7.33. The average molecular weight is 891 g/mol. The van der Waals surface area contributed by atoms with Crippen LogP contribution >= 0.6 is 11.3 Å². The maximum absolute atomic E-state index is 2.76. The zero-order chi connectivity index (χ0) is 47.2. The number of hydrogen-bond donors (Lipinski definition) is 0. The lowest BCUT2D eigenvalue weighted by molar-refractivity contribution is 0.332. The minimum atomic E-state index is 0.0613. The smallest absolute Gasteiger partial charge is 0.264 e. The first-order valence-corrected chi connectivity index (χ1v) is 26.2. The molecular formula is C62H75BN2S. The van der Waals surface area contributed by atoms with Crippen molar-refractivity contribution in [1.82, 2.24) is 0 Å². The van der Waals surface area contributed by atoms with Gasteiger partial charge >= 0.3 is 0 Å². The molecule has 6 aromatic rings. The standard InChI is InChI=1S/C62H75BN2S/c1-36-28-50-53-51(29-36)65(48-21-18-38(30-37(48)2)56(3,4)5)49-34-45-44(60(12,13)25-26-61(45,14)15)33-47(49)63(53)55-54(40-32-43-46(35-52(40)66-55)62(16,17)27-24-59(43,10)11)64(50)39-19-20-41-42(31-39)58(8,9)23-22-57(41,6)7/h18-21,28-35H,22-27H2,1-17H3. The molecule has 3 aliphatic carbocycles. The van der Waals surface area contributed by atoms with Gasteiger partial charge in [-0.15, -0.1) is 11.3 Å². The summed E-state index contributed by atoms with van der Waals surface area (Å²) in [6.07, 6.45) is 7.20. The number of benzene rings is 5. The van der Waals surface area contributed by atoms with Gasteiger partial charge in [0.1, 0.15) is 0 Å². The Morgan fingerprint density at radius 3 is 1.55 bits per heavy atom. The molecule has 0 saturated carbocycles. The summed E-state index contributed by atoms with van der Waals surface area (Å²) in [5, 5.41) is 1.42. The third kappa shape index (κ3) is 6.31. The van der Waals surface area contributed by atoms with Gasteiger partial charge in [-0.3, -0.25) is 0 Å². The highest BCUT2D eigenvalue weighted by atomic mass is 32.1. The van der Waals surface area contributed by atoms with Crippen LogP contribution in [0, 0.1) is 13.8 Å². The lowest BCUT2D eigenvalue weighted by atomic mass is 9.35. The number of rotatable bonds is 2. The zero-order valence-electron chi connectivity index (χ0n) is 43.6. The van der Waals surface area contributed by atoms with Crippen LogP contribution in [0.5, 0.6) is 0 Å². The van der Waals surface area contributed by atoms with E-state index >= 15 is 0 Å². The summed E-state index contributed by atoms with van der Waals surface area (Å²) in [6, 6.07) is 30.7. The van der Waals surface area contributed by atoms with E-state index in [1.54, 1.807) is 11.1 Å². The van der Waals surface area contributed by atoms with Crippen molar-refractivity contribution >= 4 is 78.0 Å². The van der Waals surface area contributed by atoms with Gasteiger partial charge in [-0.05, 0) is 200 Å². The van der Waals surface area contributed by atoms with Crippen molar-refractivity contribution in [2.45, 2.75) is 194 Å². The fraction of sp³-hybridized carbons (Fsp3) is 0.484. The van der Waals surface area contributed by atoms with Gasteiger partial charge in [-0.2, -0.15) is 0 Å². The second kappa shape index (κ2) is 13.7. The maximum atomic E-state index is 2.76. The van der Waals surface area contributed by atoms with Crippen molar-refractivity contribution in [3.63, 3.8) is 0 Å². The van der Waals surface area contributed by atoms with Gasteiger partial charge in [-0.1, -0.05) is 128 Å². The summed E-state index contributed by atoms with van der Waals surface area (Å²) in [4.78, 5) is 5.46. The molecule has 0 saturated heterocycles. The molecule has 0 bridgehead atoms. The van der Waals surface area contributed by atoms with Gasteiger partial charge in [0.2, 0.25) is 0 Å². The van der Waals surface area contributed by atoms with Gasteiger partial charge in [0.15, 0.2) is 0 Å². The van der Waals surface area contributed by atoms with Crippen molar-refractivity contribution in [2.75, 3.05) is 9.80 Å². The lowest BCUT2D eigenvalue weighted by Gasteiger charge is -2.47. The van der Waals surface area contributed by atoms with Crippen molar-refractivity contribution in [3.05, 3.63) is 123 Å². The van der Waals surface area contributed by atoms with Crippen molar-refractivity contribution in [3.8, 4) is 0 Å². The normalized spacial score (nSPS) is 21.1. The maximum Gasteiger partial charge on any atom is 0.264 e. The Kier molecular flexibility index (Phi) is 9.19. The number of aryl methyl sites for hydroxylation is 2. The number of fused-ring (bicyclic) bond motifs is 9. The van der Waals surface area contributed by atoms with Gasteiger partial charge in [-0.25, -0.2) is 0 Å². The van der Waals surface area contributed by atoms with E-state index in [0.29, 0.717) is 0 Å². The summed E-state index contributed by atoms with van der Waals surface area (Å²) in [5.74, 6) is 0. The van der Waals surface area contributed by atoms with E-state index in [2.05, 4.69) is 212 Å². The van der Waals surface area contributed by atoms with E-state index in [1.165, 1.54) is 137 Å². The van der Waals surface area contributed by atoms with E-state index < -0.39 is 0 Å². The van der Waals surface area contributed by atoms with Crippen molar-refractivity contribution < 1.29 is 0 Å². The zero-order valence-corrected chi connectivity index (χ0v) is 44.4. The molecule has 0 N–H and O–H groups in total. The van der Waals surface area contributed by atoms with Gasteiger partial charge in [0, 0.05) is 43.3 Å². The third-order valence-electron chi connectivity index (χ3n) is 18.1. The molecule has 4 heteroatoms. The number of thiophene rings is 1. The second-order valence-electron chi connectivity index (χ2n) is 26.8. The van der Waals surface area contributed by atoms with Crippen LogP contribution in [0.1, 0.15) is 192 Å². The third-order valence-corrected chi connectivity index (χ3v) is 19.4. The minimum absolute atomic E-state index is 0.0613. The predicted molar refractivity (Wildman–Crippen MR) is 290 cm³/mol. The molecule has 3 heterocycles. The number of nitrogens with zero attached hydrogens (tertiary/aromatic N) is 2. The molecule has 66 heavy (non-hydrogen) atoms. The molecule has 2 nitrogen and oxygen atoms in total. The number of anilines is 6. The molecule has 1 aromatic heterocycles. The van der Waals surface area contributed by atoms with E-state index in [0.717, 1.165) is 0 Å². The predicted octanol–water partition coefficient (Wildman–Crippen LogP) is 15.9. The van der Waals surface area contributed by atoms with Crippen LogP contribution in [-0.4, -0.2) is 6.71 Å². The first-order valence-electron chi connectivity index (χ1n) is 25.4. The van der Waals surface area contributed by atoms with Crippen molar-refractivity contribution in [2.24, 2.45) is 0 Å². The van der Waals surface area contributed by atoms with E-state index in [1.807, 2.05) is 0 Å². The molecule has 0 radical (unpaired) electrons. The first kappa shape index (κ1) is 44.2. The highest BCUT2D eigenvalue weighted by Gasteiger charge is 2.49. The SMILES string of the molecule is Cc1cc2c3c(c1)N(c1ccc4c(c1)C(C)(C)CCC4(C)C)c1c(sc4cc5c(cc14)C(C)(C)CCC5(C)C)B3c1cc3c(cc1N2c1ccc(C(C)(C)C)cc1C)C(C)(C)CCC3(C)C. The highest BCUT2D eigenvalue weighted by Crippen LogP contribution is 2.56. The molecule has 0 amide bonds. The molecule has 342 valence electrons. The Balaban J connectivity index is 1.28. The summed E-state index contributed by atoms with van der Waals surface area (Å²) in [5.41, 5.74) is 24.8. The molecule has 5 aliphatic rings. The minimum Gasteiger partial charge on any atom is -0.311 e. The van der Waals surface area contributed by atoms with Crippen LogP contribution < -0.4 is 25.5 Å². The average Bonchev–Trinajstić information content (AvgIpc) is 3.60. The molecule has 0 atom stereocenters. The van der Waals surface area contributed by atoms with E-state index in [-0.39, 0.29) is 44.6 Å². The topological polar surface area (TPSA) is 6.48 Å². The quantitative estimate of drug-likeness (QED) is 0.160. The number of hydrogen-bond acceptors (Lipinski definition) is 3. The van der Waals surface area contributed by atoms with Crippen LogP contribution in [0.15, 0.2) is 72.8 Å². The molecule has 5 aromatic carbocycles. The summed E-state index contributed by atoms with van der Waals surface area (Å²) in [6.45, 7) is 41.7. The van der Waals surface area contributed by atoms with Gasteiger partial charge in [0.05, 0.1) is 5.69 Å². The molecule has 2 aliphatic heterocycles. The lowest BCUT2D eigenvalue weighted by Crippen LogP contribution is -2.61. The van der Waals surface area contributed by atoms with Crippen LogP contribution in [0.25, 0.3) is 10.1 Å². The largest absolute Gasteiger partial charge is 0.311 e. The molecule has 11 rings (SSSR count). The Bertz CT molecular complexity index is 3070. The van der Waals surface area contributed by atoms with Crippen LogP contribution in [-0.2, 0) is 37.9 Å². The Morgan fingerprint density at radius 1 is 0.485 bits per heavy atom. The van der Waals surface area contributed by atoms with Gasteiger partial charge < -0.3 is 9.80 Å². The van der Waals surface area contributed by atoms with Gasteiger partial charge in [0.25, 0.3) is 6.71 Å². The van der Waals surface area contributed by atoms with E-state index in [4.69, 9.17) is 0 Å². The fourth-order valence-electron chi connectivity index (χ4n) is 13.4. The Morgan fingerprint density at radius 2 is 0.985 bits per heavy atom. The molecular weight excluding hydrogens is 816 g/mol. The summed E-state index contributed by atoms with van der Waals surface area (Å²) < 4.78 is 2.92. The van der Waals surface area contributed by atoms with Crippen molar-refractivity contribution in [1.29, 1.82) is 0 Å². The first-order chi connectivity index (χ1) is 30.6. The van der Waals surface area contributed by atoms with Crippen LogP contribution in [0.4, 0.5) is 34.1 Å². The monoisotopic (exact) mass is 891 g/mol. The molecule has 0 unspecified atom stereocenters. The second-order valence-corrected chi connectivity index (χ2v) is 27.9. The molecule has 0 fully saturated rings. The summed E-state index contributed by atoms with van der Waals surface area (Å²) >= 11 is 2.09. The van der Waals surface area contributed by atoms with E-state index in [9.17, 15) is 0 Å². The Labute approximate surface area is 402 Å². The summed E-state index contributed by atoms with van der Waals surface area (Å²) in [7, 11) is 0. The molecule has 0 spiro atoms. The van der Waals surface area contributed by atoms with Crippen LogP contribution in [0.3, 0.4) is 0 Å². The van der Waals surface area contributed by atoms with Crippen LogP contribution in [0.2, 0.25) is 0 Å².